The lowest BCUT2D eigenvalue weighted by Crippen LogP contribution is -2.48. The summed E-state index contributed by atoms with van der Waals surface area (Å²) in [7, 11) is 0. The van der Waals surface area contributed by atoms with Gasteiger partial charge in [0.15, 0.2) is 5.65 Å². The Bertz CT molecular complexity index is 1480. The fourth-order valence-corrected chi connectivity index (χ4v) is 5.57. The zero-order valence-electron chi connectivity index (χ0n) is 22.3. The molecule has 2 aromatic carbocycles. The lowest BCUT2D eigenvalue weighted by atomic mass is 9.99. The summed E-state index contributed by atoms with van der Waals surface area (Å²) in [5.74, 6) is 0.201. The summed E-state index contributed by atoms with van der Waals surface area (Å²) >= 11 is 6.16. The summed E-state index contributed by atoms with van der Waals surface area (Å²) in [5, 5.41) is 6.67. The predicted molar refractivity (Wildman–Crippen MR) is 151 cm³/mol. The summed E-state index contributed by atoms with van der Waals surface area (Å²) < 4.78 is 1.95. The quantitative estimate of drug-likeness (QED) is 0.332. The van der Waals surface area contributed by atoms with Gasteiger partial charge in [0.2, 0.25) is 5.91 Å². The molecule has 1 fully saturated rings. The highest BCUT2D eigenvalue weighted by Crippen LogP contribution is 2.29. The minimum Gasteiger partial charge on any atom is -0.368 e. The van der Waals surface area contributed by atoms with Gasteiger partial charge in [-0.2, -0.15) is 5.10 Å². The van der Waals surface area contributed by atoms with Gasteiger partial charge < -0.3 is 9.80 Å². The van der Waals surface area contributed by atoms with Crippen LogP contribution < -0.4 is 4.90 Å². The van der Waals surface area contributed by atoms with Crippen LogP contribution in [-0.4, -0.2) is 51.8 Å². The Morgan fingerprint density at radius 1 is 0.892 bits per heavy atom. The number of carbonyl (C=O) groups excluding carboxylic acids is 1. The molecule has 7 heteroatoms. The molecule has 2 aromatic heterocycles. The molecule has 5 rings (SSSR count). The fraction of sp³-hybridized carbons (Fsp3) is 0.367. The van der Waals surface area contributed by atoms with Crippen molar-refractivity contribution < 1.29 is 4.79 Å². The Kier molecular flexibility index (Phi) is 6.95. The number of amides is 1. The Balaban J connectivity index is 1.31. The molecule has 0 atom stereocenters. The number of rotatable bonds is 5. The first-order chi connectivity index (χ1) is 17.7. The highest BCUT2D eigenvalue weighted by atomic mass is 35.5. The standard InChI is InChI=1S/C30H34ClN5O/c1-19-9-10-26(17-20(19)2)36-30-29(23(5)33-36)21(3)27(22(4)32-30)11-12-28(37)35-15-13-34(14-16-35)25-8-6-7-24(31)18-25/h6-10,17-18H,11-16H2,1-5H3. The van der Waals surface area contributed by atoms with Crippen molar-refractivity contribution in [2.45, 2.75) is 47.5 Å². The molecule has 0 radical (unpaired) electrons. The molecule has 3 heterocycles. The van der Waals surface area contributed by atoms with Gasteiger partial charge in [-0.25, -0.2) is 9.67 Å². The van der Waals surface area contributed by atoms with E-state index in [2.05, 4.69) is 49.9 Å². The minimum atomic E-state index is 0.201. The minimum absolute atomic E-state index is 0.201. The molecule has 0 spiro atoms. The molecule has 192 valence electrons. The van der Waals surface area contributed by atoms with Gasteiger partial charge in [0.25, 0.3) is 0 Å². The molecule has 0 N–H and O–H groups in total. The van der Waals surface area contributed by atoms with E-state index in [1.165, 1.54) is 16.7 Å². The second-order valence-corrected chi connectivity index (χ2v) is 10.5. The third kappa shape index (κ3) is 4.95. The van der Waals surface area contributed by atoms with Crippen LogP contribution in [0.15, 0.2) is 42.5 Å². The normalized spacial score (nSPS) is 14.0. The molecule has 4 aromatic rings. The topological polar surface area (TPSA) is 54.3 Å². The Morgan fingerprint density at radius 2 is 1.65 bits per heavy atom. The average Bonchev–Trinajstić information content (AvgIpc) is 3.21. The van der Waals surface area contributed by atoms with Crippen molar-refractivity contribution in [1.29, 1.82) is 0 Å². The number of hydrogen-bond donors (Lipinski definition) is 0. The number of piperazine rings is 1. The van der Waals surface area contributed by atoms with Crippen molar-refractivity contribution >= 4 is 34.2 Å². The largest absolute Gasteiger partial charge is 0.368 e. The number of hydrogen-bond acceptors (Lipinski definition) is 4. The lowest BCUT2D eigenvalue weighted by Gasteiger charge is -2.36. The number of aromatic nitrogens is 3. The van der Waals surface area contributed by atoms with Gasteiger partial charge in [0.05, 0.1) is 11.4 Å². The lowest BCUT2D eigenvalue weighted by molar-refractivity contribution is -0.131. The molecule has 0 unspecified atom stereocenters. The maximum atomic E-state index is 13.1. The molecule has 6 nitrogen and oxygen atoms in total. The number of nitrogens with zero attached hydrogens (tertiary/aromatic N) is 5. The third-order valence-corrected chi connectivity index (χ3v) is 7.94. The van der Waals surface area contributed by atoms with E-state index in [1.807, 2.05) is 41.6 Å². The van der Waals surface area contributed by atoms with Gasteiger partial charge in [-0.1, -0.05) is 23.7 Å². The predicted octanol–water partition coefficient (Wildman–Crippen LogP) is 5.90. The molecule has 1 aliphatic rings. The average molecular weight is 516 g/mol. The van der Waals surface area contributed by atoms with Crippen LogP contribution in [0.4, 0.5) is 5.69 Å². The van der Waals surface area contributed by atoms with Gasteiger partial charge >= 0.3 is 0 Å². The highest BCUT2D eigenvalue weighted by molar-refractivity contribution is 6.30. The Labute approximate surface area is 223 Å². The molecular weight excluding hydrogens is 482 g/mol. The van der Waals surface area contributed by atoms with Crippen molar-refractivity contribution in [3.8, 4) is 5.69 Å². The molecule has 0 bridgehead atoms. The van der Waals surface area contributed by atoms with Crippen molar-refractivity contribution in [3.63, 3.8) is 0 Å². The van der Waals surface area contributed by atoms with E-state index in [-0.39, 0.29) is 5.91 Å². The van der Waals surface area contributed by atoms with Crippen molar-refractivity contribution in [1.82, 2.24) is 19.7 Å². The fourth-order valence-electron chi connectivity index (χ4n) is 5.39. The van der Waals surface area contributed by atoms with E-state index in [0.717, 1.165) is 70.6 Å². The van der Waals surface area contributed by atoms with Gasteiger partial charge in [-0.3, -0.25) is 4.79 Å². The number of carbonyl (C=O) groups is 1. The van der Waals surface area contributed by atoms with Crippen LogP contribution >= 0.6 is 11.6 Å². The first-order valence-corrected chi connectivity index (χ1v) is 13.3. The van der Waals surface area contributed by atoms with Crippen molar-refractivity contribution in [2.75, 3.05) is 31.1 Å². The zero-order valence-corrected chi connectivity index (χ0v) is 23.1. The number of pyridine rings is 1. The van der Waals surface area contributed by atoms with Gasteiger partial charge in [-0.15, -0.1) is 0 Å². The molecular formula is C30H34ClN5O. The van der Waals surface area contributed by atoms with Gasteiger partial charge in [0.1, 0.15) is 0 Å². The molecule has 1 saturated heterocycles. The van der Waals surface area contributed by atoms with Crippen LogP contribution in [0, 0.1) is 34.6 Å². The summed E-state index contributed by atoms with van der Waals surface area (Å²) in [5.41, 5.74) is 9.76. The van der Waals surface area contributed by atoms with Crippen LogP contribution in [0.3, 0.4) is 0 Å². The van der Waals surface area contributed by atoms with Crippen molar-refractivity contribution in [3.05, 3.63) is 81.1 Å². The number of aryl methyl sites for hydroxylation is 5. The highest BCUT2D eigenvalue weighted by Gasteiger charge is 2.23. The second kappa shape index (κ2) is 10.2. The monoisotopic (exact) mass is 515 g/mol. The zero-order chi connectivity index (χ0) is 26.3. The summed E-state index contributed by atoms with van der Waals surface area (Å²) in [6.07, 6.45) is 1.17. The van der Waals surface area contributed by atoms with Crippen molar-refractivity contribution in [2.24, 2.45) is 0 Å². The third-order valence-electron chi connectivity index (χ3n) is 7.70. The van der Waals surface area contributed by atoms with Gasteiger partial charge in [-0.05, 0) is 93.6 Å². The Hall–Kier alpha value is -3.38. The molecule has 37 heavy (non-hydrogen) atoms. The summed E-state index contributed by atoms with van der Waals surface area (Å²) in [6, 6.07) is 14.3. The first-order valence-electron chi connectivity index (χ1n) is 12.9. The smallest absolute Gasteiger partial charge is 0.223 e. The van der Waals surface area contributed by atoms with E-state index in [9.17, 15) is 4.79 Å². The summed E-state index contributed by atoms with van der Waals surface area (Å²) in [6.45, 7) is 13.5. The molecule has 0 aliphatic carbocycles. The second-order valence-electron chi connectivity index (χ2n) is 10.1. The van der Waals surface area contributed by atoms with Crippen LogP contribution in [0.2, 0.25) is 5.02 Å². The van der Waals surface area contributed by atoms with Crippen LogP contribution in [0.25, 0.3) is 16.7 Å². The maximum absolute atomic E-state index is 13.1. The maximum Gasteiger partial charge on any atom is 0.223 e. The number of benzene rings is 2. The van der Waals surface area contributed by atoms with Crippen LogP contribution in [0.5, 0.6) is 0 Å². The number of anilines is 1. The first kappa shape index (κ1) is 25.3. The molecule has 1 amide bonds. The van der Waals surface area contributed by atoms with E-state index < -0.39 is 0 Å². The van der Waals surface area contributed by atoms with E-state index in [1.54, 1.807) is 0 Å². The SMILES string of the molecule is Cc1ccc(-n2nc(C)c3c(C)c(CCC(=O)N4CCN(c5cccc(Cl)c5)CC4)c(C)nc32)cc1C. The van der Waals surface area contributed by atoms with E-state index in [0.29, 0.717) is 12.8 Å². The van der Waals surface area contributed by atoms with Crippen LogP contribution in [0.1, 0.15) is 40.1 Å². The molecule has 1 aliphatic heterocycles. The van der Waals surface area contributed by atoms with E-state index in [4.69, 9.17) is 21.7 Å². The van der Waals surface area contributed by atoms with E-state index >= 15 is 0 Å². The number of fused-ring (bicyclic) bond motifs is 1. The van der Waals surface area contributed by atoms with Gasteiger partial charge in [0, 0.05) is 54.4 Å². The van der Waals surface area contributed by atoms with Crippen LogP contribution in [-0.2, 0) is 11.2 Å². The number of halogens is 1. The Morgan fingerprint density at radius 3 is 2.35 bits per heavy atom. The summed E-state index contributed by atoms with van der Waals surface area (Å²) in [4.78, 5) is 22.4. The molecule has 0 saturated carbocycles.